The number of rotatable bonds is 3. The Morgan fingerprint density at radius 1 is 1.33 bits per heavy atom. The Kier molecular flexibility index (Phi) is 3.34. The van der Waals surface area contributed by atoms with Crippen molar-refractivity contribution in [2.45, 2.75) is 6.54 Å². The van der Waals surface area contributed by atoms with E-state index in [9.17, 15) is 5.21 Å². The van der Waals surface area contributed by atoms with Gasteiger partial charge in [0.25, 0.3) is 0 Å². The molecule has 0 atom stereocenters. The van der Waals surface area contributed by atoms with Crippen LogP contribution >= 0.6 is 0 Å². The van der Waals surface area contributed by atoms with Crippen molar-refractivity contribution in [1.82, 2.24) is 15.5 Å². The molecule has 2 N–H and O–H groups in total. The number of benzene rings is 1. The third kappa shape index (κ3) is 2.79. The van der Waals surface area contributed by atoms with Gasteiger partial charge in [0.1, 0.15) is 0 Å². The monoisotopic (exact) mass is 205 g/mol. The van der Waals surface area contributed by atoms with Crippen LogP contribution in [0.15, 0.2) is 42.6 Å². The minimum absolute atomic E-state index is 0.493. The van der Waals surface area contributed by atoms with Gasteiger partial charge in [0.15, 0.2) is 0 Å². The van der Waals surface area contributed by atoms with Gasteiger partial charge in [0, 0.05) is 12.7 Å². The second-order valence-corrected chi connectivity index (χ2v) is 3.45. The Hall–Kier alpha value is -1.36. The van der Waals surface area contributed by atoms with E-state index < -0.39 is 0 Å². The van der Waals surface area contributed by atoms with E-state index in [4.69, 9.17) is 0 Å². The molecule has 4 heteroatoms. The molecule has 15 heavy (non-hydrogen) atoms. The molecule has 0 aromatic heterocycles. The highest BCUT2D eigenvalue weighted by atomic mass is 16.5. The standard InChI is InChI=1S/C11H15N3O/c15-14(13-8-4-7-12-10-13)9-11-5-2-1-3-6-11/h1-6,8,12,15H,7,9-10H2. The van der Waals surface area contributed by atoms with E-state index >= 15 is 0 Å². The third-order valence-electron chi connectivity index (χ3n) is 2.28. The van der Waals surface area contributed by atoms with Crippen LogP contribution in [0.4, 0.5) is 0 Å². The van der Waals surface area contributed by atoms with E-state index in [0.717, 1.165) is 12.1 Å². The van der Waals surface area contributed by atoms with Gasteiger partial charge in [-0.1, -0.05) is 41.6 Å². The lowest BCUT2D eigenvalue weighted by Crippen LogP contribution is -2.44. The zero-order chi connectivity index (χ0) is 10.5. The van der Waals surface area contributed by atoms with Crippen LogP contribution in [0.25, 0.3) is 0 Å². The number of nitrogens with zero attached hydrogens (tertiary/aromatic N) is 2. The number of hydroxylamine groups is 1. The Labute approximate surface area is 89.3 Å². The van der Waals surface area contributed by atoms with Gasteiger partial charge in [-0.15, -0.1) is 0 Å². The number of hydrogen-bond donors (Lipinski definition) is 2. The smallest absolute Gasteiger partial charge is 0.0858 e. The largest absolute Gasteiger partial charge is 0.295 e. The lowest BCUT2D eigenvalue weighted by Gasteiger charge is -2.30. The molecule has 80 valence electrons. The number of nitrogens with one attached hydrogen (secondary N) is 1. The van der Waals surface area contributed by atoms with Gasteiger partial charge in [0.05, 0.1) is 13.2 Å². The summed E-state index contributed by atoms with van der Waals surface area (Å²) in [5, 5.41) is 15.9. The third-order valence-corrected chi connectivity index (χ3v) is 2.28. The molecule has 0 fully saturated rings. The van der Waals surface area contributed by atoms with Gasteiger partial charge >= 0.3 is 0 Å². The van der Waals surface area contributed by atoms with E-state index in [-0.39, 0.29) is 0 Å². The van der Waals surface area contributed by atoms with Gasteiger partial charge in [-0.2, -0.15) is 0 Å². The van der Waals surface area contributed by atoms with Crippen molar-refractivity contribution in [3.63, 3.8) is 0 Å². The van der Waals surface area contributed by atoms with Crippen molar-refractivity contribution in [2.24, 2.45) is 0 Å². The molecule has 0 saturated carbocycles. The SMILES string of the molecule is ON(Cc1ccccc1)N1C=CCNC1. The molecule has 1 aliphatic rings. The minimum atomic E-state index is 0.493. The highest BCUT2D eigenvalue weighted by Gasteiger charge is 2.10. The fraction of sp³-hybridized carbons (Fsp3) is 0.273. The predicted molar refractivity (Wildman–Crippen MR) is 57.6 cm³/mol. The van der Waals surface area contributed by atoms with E-state index in [1.54, 1.807) is 5.01 Å². The van der Waals surface area contributed by atoms with Crippen LogP contribution in [0.2, 0.25) is 0 Å². The normalized spacial score (nSPS) is 16.0. The van der Waals surface area contributed by atoms with E-state index in [0.29, 0.717) is 13.2 Å². The van der Waals surface area contributed by atoms with Crippen molar-refractivity contribution < 1.29 is 5.21 Å². The molecular weight excluding hydrogens is 190 g/mol. The molecule has 1 aliphatic heterocycles. The summed E-state index contributed by atoms with van der Waals surface area (Å²) in [5.41, 5.74) is 1.08. The Bertz CT molecular complexity index is 326. The van der Waals surface area contributed by atoms with Crippen molar-refractivity contribution >= 4 is 0 Å². The first kappa shape index (κ1) is 10.2. The minimum Gasteiger partial charge on any atom is -0.295 e. The summed E-state index contributed by atoms with van der Waals surface area (Å²) in [5.74, 6) is 0. The summed E-state index contributed by atoms with van der Waals surface area (Å²) in [4.78, 5) is 0. The molecule has 0 saturated heterocycles. The highest BCUT2D eigenvalue weighted by Crippen LogP contribution is 2.06. The van der Waals surface area contributed by atoms with Crippen molar-refractivity contribution in [1.29, 1.82) is 0 Å². The summed E-state index contributed by atoms with van der Waals surface area (Å²) in [6.07, 6.45) is 3.84. The van der Waals surface area contributed by atoms with Gasteiger partial charge < -0.3 is 0 Å². The van der Waals surface area contributed by atoms with E-state index in [1.165, 1.54) is 5.17 Å². The summed E-state index contributed by atoms with van der Waals surface area (Å²) < 4.78 is 0. The maximum atomic E-state index is 9.80. The lowest BCUT2D eigenvalue weighted by atomic mass is 10.2. The van der Waals surface area contributed by atoms with Gasteiger partial charge in [-0.3, -0.25) is 15.5 Å². The maximum Gasteiger partial charge on any atom is 0.0858 e. The molecule has 0 bridgehead atoms. The van der Waals surface area contributed by atoms with Crippen LogP contribution in [0, 0.1) is 0 Å². The van der Waals surface area contributed by atoms with Crippen LogP contribution in [-0.2, 0) is 6.54 Å². The molecule has 0 amide bonds. The predicted octanol–water partition coefficient (Wildman–Crippen LogP) is 1.17. The number of hydrazine groups is 1. The van der Waals surface area contributed by atoms with Gasteiger partial charge in [-0.25, -0.2) is 0 Å². The molecule has 4 nitrogen and oxygen atoms in total. The molecule has 1 heterocycles. The van der Waals surface area contributed by atoms with Crippen LogP contribution in [0.5, 0.6) is 0 Å². The summed E-state index contributed by atoms with van der Waals surface area (Å²) in [6, 6.07) is 9.88. The van der Waals surface area contributed by atoms with Crippen LogP contribution < -0.4 is 5.32 Å². The molecule has 2 rings (SSSR count). The van der Waals surface area contributed by atoms with Crippen LogP contribution in [0.1, 0.15) is 5.56 Å². The fourth-order valence-electron chi connectivity index (χ4n) is 1.49. The molecule has 1 aromatic rings. The molecule has 0 spiro atoms. The molecular formula is C11H15N3O. The highest BCUT2D eigenvalue weighted by molar-refractivity contribution is 5.14. The summed E-state index contributed by atoms with van der Waals surface area (Å²) >= 11 is 0. The second-order valence-electron chi connectivity index (χ2n) is 3.45. The molecule has 0 unspecified atom stereocenters. The summed E-state index contributed by atoms with van der Waals surface area (Å²) in [6.45, 7) is 1.99. The van der Waals surface area contributed by atoms with Crippen LogP contribution in [0.3, 0.4) is 0 Å². The number of hydrogen-bond acceptors (Lipinski definition) is 4. The van der Waals surface area contributed by atoms with E-state index in [1.807, 2.05) is 42.6 Å². The topological polar surface area (TPSA) is 38.7 Å². The Balaban J connectivity index is 1.94. The maximum absolute atomic E-state index is 9.80. The molecule has 0 radical (unpaired) electrons. The Morgan fingerprint density at radius 2 is 2.13 bits per heavy atom. The van der Waals surface area contributed by atoms with Crippen molar-refractivity contribution in [3.8, 4) is 0 Å². The second kappa shape index (κ2) is 4.93. The van der Waals surface area contributed by atoms with E-state index in [2.05, 4.69) is 5.32 Å². The fourth-order valence-corrected chi connectivity index (χ4v) is 1.49. The van der Waals surface area contributed by atoms with Gasteiger partial charge in [0.2, 0.25) is 0 Å². The zero-order valence-corrected chi connectivity index (χ0v) is 8.50. The quantitative estimate of drug-likeness (QED) is 0.727. The van der Waals surface area contributed by atoms with Gasteiger partial charge in [-0.05, 0) is 5.56 Å². The van der Waals surface area contributed by atoms with Crippen molar-refractivity contribution in [3.05, 3.63) is 48.2 Å². The van der Waals surface area contributed by atoms with Crippen LogP contribution in [-0.4, -0.2) is 28.6 Å². The average molecular weight is 205 g/mol. The van der Waals surface area contributed by atoms with Crippen molar-refractivity contribution in [2.75, 3.05) is 13.2 Å². The molecule has 1 aromatic carbocycles. The lowest BCUT2D eigenvalue weighted by molar-refractivity contribution is -0.235. The Morgan fingerprint density at radius 3 is 2.80 bits per heavy atom. The summed E-state index contributed by atoms with van der Waals surface area (Å²) in [7, 11) is 0. The first-order chi connectivity index (χ1) is 7.36. The first-order valence-corrected chi connectivity index (χ1v) is 5.00. The average Bonchev–Trinajstić information content (AvgIpc) is 2.31. The zero-order valence-electron chi connectivity index (χ0n) is 8.50. The molecule has 0 aliphatic carbocycles. The first-order valence-electron chi connectivity index (χ1n) is 5.00.